The molecule has 0 aromatic carbocycles. The zero-order valence-electron chi connectivity index (χ0n) is 7.59. The second kappa shape index (κ2) is 4.23. The first-order chi connectivity index (χ1) is 5.39. The molecule has 1 unspecified atom stereocenters. The summed E-state index contributed by atoms with van der Waals surface area (Å²) in [6, 6.07) is 0. The van der Waals surface area contributed by atoms with Crippen LogP contribution in [0.5, 0.6) is 0 Å². The van der Waals surface area contributed by atoms with Crippen LogP contribution in [0.1, 0.15) is 20.8 Å². The summed E-state index contributed by atoms with van der Waals surface area (Å²) in [6.07, 6.45) is 0. The molecule has 0 spiro atoms. The second-order valence-corrected chi connectivity index (χ2v) is 2.50. The van der Waals surface area contributed by atoms with Gasteiger partial charge in [0.25, 0.3) is 0 Å². The van der Waals surface area contributed by atoms with Crippen molar-refractivity contribution in [1.29, 1.82) is 0 Å². The number of ether oxygens (including phenoxy) is 2. The number of carbonyl (C=O) groups is 1. The molecule has 70 valence electrons. The highest BCUT2D eigenvalue weighted by atomic mass is 16.8. The molecule has 12 heavy (non-hydrogen) atoms. The van der Waals surface area contributed by atoms with Gasteiger partial charge < -0.3 is 14.6 Å². The average molecular weight is 174 g/mol. The van der Waals surface area contributed by atoms with Crippen LogP contribution in [0.25, 0.3) is 0 Å². The predicted molar refractivity (Wildman–Crippen MR) is 43.2 cm³/mol. The quantitative estimate of drug-likeness (QED) is 0.389. The van der Waals surface area contributed by atoms with Crippen molar-refractivity contribution >= 4 is 5.97 Å². The summed E-state index contributed by atoms with van der Waals surface area (Å²) < 4.78 is 9.26. The van der Waals surface area contributed by atoms with Crippen molar-refractivity contribution in [2.45, 2.75) is 26.7 Å². The van der Waals surface area contributed by atoms with Crippen molar-refractivity contribution in [3.8, 4) is 0 Å². The molecule has 0 aliphatic heterocycles. The van der Waals surface area contributed by atoms with E-state index in [1.165, 1.54) is 13.8 Å². The van der Waals surface area contributed by atoms with Gasteiger partial charge in [0.1, 0.15) is 0 Å². The highest BCUT2D eigenvalue weighted by Crippen LogP contribution is 2.09. The van der Waals surface area contributed by atoms with E-state index in [1.54, 1.807) is 6.92 Å². The molecule has 0 aromatic heterocycles. The van der Waals surface area contributed by atoms with E-state index in [0.29, 0.717) is 0 Å². The lowest BCUT2D eigenvalue weighted by Crippen LogP contribution is -2.34. The Morgan fingerprint density at radius 3 is 2.50 bits per heavy atom. The minimum atomic E-state index is -1.86. The normalized spacial score (nSPS) is 15.0. The molecule has 0 aliphatic carbocycles. The van der Waals surface area contributed by atoms with Crippen molar-refractivity contribution in [3.63, 3.8) is 0 Å². The third-order valence-corrected chi connectivity index (χ3v) is 1.04. The van der Waals surface area contributed by atoms with Gasteiger partial charge in [-0.25, -0.2) is 4.79 Å². The van der Waals surface area contributed by atoms with Gasteiger partial charge in [-0.15, -0.1) is 0 Å². The summed E-state index contributed by atoms with van der Waals surface area (Å²) in [5.41, 5.74) is 0.218. The fraction of sp³-hybridized carbons (Fsp3) is 0.625. The molecule has 1 N–H and O–H groups in total. The van der Waals surface area contributed by atoms with Gasteiger partial charge in [0.2, 0.25) is 0 Å². The van der Waals surface area contributed by atoms with E-state index in [4.69, 9.17) is 4.74 Å². The average Bonchev–Trinajstić information content (AvgIpc) is 1.85. The molecule has 0 fully saturated rings. The molecule has 0 rings (SSSR count). The Bertz CT molecular complexity index is 183. The van der Waals surface area contributed by atoms with Crippen LogP contribution >= 0.6 is 0 Å². The van der Waals surface area contributed by atoms with Gasteiger partial charge in [0.15, 0.2) is 0 Å². The zero-order chi connectivity index (χ0) is 9.78. The van der Waals surface area contributed by atoms with Gasteiger partial charge in [-0.2, -0.15) is 0 Å². The number of hydrogen-bond acceptors (Lipinski definition) is 4. The van der Waals surface area contributed by atoms with Crippen LogP contribution in [0.4, 0.5) is 0 Å². The van der Waals surface area contributed by atoms with Crippen molar-refractivity contribution in [3.05, 3.63) is 12.2 Å². The maximum atomic E-state index is 10.9. The fourth-order valence-electron chi connectivity index (χ4n) is 0.556. The summed E-state index contributed by atoms with van der Waals surface area (Å²) in [4.78, 5) is 10.9. The molecule has 1 atom stereocenters. The van der Waals surface area contributed by atoms with E-state index in [2.05, 4.69) is 11.3 Å². The van der Waals surface area contributed by atoms with E-state index >= 15 is 0 Å². The molecule has 4 nitrogen and oxygen atoms in total. The third kappa shape index (κ3) is 4.10. The number of carbonyl (C=O) groups excluding carboxylic acids is 1. The van der Waals surface area contributed by atoms with Gasteiger partial charge in [0, 0.05) is 12.5 Å². The molecule has 0 heterocycles. The Kier molecular flexibility index (Phi) is 3.92. The van der Waals surface area contributed by atoms with Gasteiger partial charge in [-0.1, -0.05) is 6.58 Å². The van der Waals surface area contributed by atoms with Crippen LogP contribution in [0.3, 0.4) is 0 Å². The topological polar surface area (TPSA) is 55.8 Å². The van der Waals surface area contributed by atoms with Crippen LogP contribution in [-0.2, 0) is 14.3 Å². The van der Waals surface area contributed by atoms with Crippen molar-refractivity contribution in [2.24, 2.45) is 0 Å². The molecule has 0 radical (unpaired) electrons. The lowest BCUT2D eigenvalue weighted by Gasteiger charge is -2.22. The van der Waals surface area contributed by atoms with Crippen molar-refractivity contribution in [1.82, 2.24) is 0 Å². The van der Waals surface area contributed by atoms with Crippen LogP contribution < -0.4 is 0 Å². The molecule has 0 bridgehead atoms. The van der Waals surface area contributed by atoms with E-state index in [0.717, 1.165) is 0 Å². The molecule has 0 aromatic rings. The van der Waals surface area contributed by atoms with Crippen LogP contribution in [-0.4, -0.2) is 23.7 Å². The highest BCUT2D eigenvalue weighted by Gasteiger charge is 2.25. The smallest absolute Gasteiger partial charge is 0.337 e. The standard InChI is InChI=1S/C8H14O4/c1-5-11-8(4,10)12-7(9)6(2)3/h10H,2,5H2,1,3-4H3. The highest BCUT2D eigenvalue weighted by molar-refractivity contribution is 5.87. The van der Waals surface area contributed by atoms with Crippen LogP contribution in [0.2, 0.25) is 0 Å². The zero-order valence-corrected chi connectivity index (χ0v) is 7.59. The monoisotopic (exact) mass is 174 g/mol. The van der Waals surface area contributed by atoms with Crippen molar-refractivity contribution in [2.75, 3.05) is 6.61 Å². The maximum absolute atomic E-state index is 10.9. The molecule has 0 saturated heterocycles. The van der Waals surface area contributed by atoms with E-state index < -0.39 is 11.9 Å². The molecule has 0 saturated carbocycles. The lowest BCUT2D eigenvalue weighted by molar-refractivity contribution is -0.327. The SMILES string of the molecule is C=C(C)C(=O)OC(C)(O)OCC. The van der Waals surface area contributed by atoms with E-state index in [-0.39, 0.29) is 12.2 Å². The predicted octanol–water partition coefficient (Wildman–Crippen LogP) is 0.808. The Morgan fingerprint density at radius 1 is 1.67 bits per heavy atom. The van der Waals surface area contributed by atoms with Crippen LogP contribution in [0.15, 0.2) is 12.2 Å². The Hall–Kier alpha value is -0.870. The molecule has 0 aliphatic rings. The fourth-order valence-corrected chi connectivity index (χ4v) is 0.556. The first-order valence-electron chi connectivity index (χ1n) is 3.64. The van der Waals surface area contributed by atoms with Gasteiger partial charge in [-0.05, 0) is 13.8 Å². The number of aliphatic hydroxyl groups is 1. The summed E-state index contributed by atoms with van der Waals surface area (Å²) in [5, 5.41) is 9.23. The summed E-state index contributed by atoms with van der Waals surface area (Å²) in [5.74, 6) is -2.53. The Balaban J connectivity index is 4.05. The van der Waals surface area contributed by atoms with Gasteiger partial charge >= 0.3 is 11.9 Å². The summed E-state index contributed by atoms with van der Waals surface area (Å²) >= 11 is 0. The van der Waals surface area contributed by atoms with Crippen LogP contribution in [0, 0.1) is 0 Å². The first kappa shape index (κ1) is 11.1. The molecular weight excluding hydrogens is 160 g/mol. The van der Waals surface area contributed by atoms with Gasteiger partial charge in [-0.3, -0.25) is 0 Å². The van der Waals surface area contributed by atoms with Crippen molar-refractivity contribution < 1.29 is 19.4 Å². The number of rotatable bonds is 4. The Morgan fingerprint density at radius 2 is 2.17 bits per heavy atom. The lowest BCUT2D eigenvalue weighted by atomic mass is 10.4. The van der Waals surface area contributed by atoms with E-state index in [9.17, 15) is 9.90 Å². The molecule has 4 heteroatoms. The third-order valence-electron chi connectivity index (χ3n) is 1.04. The maximum Gasteiger partial charge on any atom is 0.337 e. The second-order valence-electron chi connectivity index (χ2n) is 2.50. The largest absolute Gasteiger partial charge is 0.405 e. The molecule has 0 amide bonds. The number of esters is 1. The minimum absolute atomic E-state index is 0.218. The minimum Gasteiger partial charge on any atom is -0.405 e. The summed E-state index contributed by atoms with van der Waals surface area (Å²) in [7, 11) is 0. The Labute approximate surface area is 71.8 Å². The number of hydrogen-bond donors (Lipinski definition) is 1. The summed E-state index contributed by atoms with van der Waals surface area (Å²) in [6.45, 7) is 8.04. The van der Waals surface area contributed by atoms with Gasteiger partial charge in [0.05, 0.1) is 6.61 Å². The van der Waals surface area contributed by atoms with E-state index in [1.807, 2.05) is 0 Å². The molecular formula is C8H14O4. The first-order valence-corrected chi connectivity index (χ1v) is 3.64.